The molecular weight excluding hydrogens is 259 g/mol. The van der Waals surface area contributed by atoms with Gasteiger partial charge < -0.3 is 14.6 Å². The Labute approximate surface area is 117 Å². The zero-order valence-electron chi connectivity index (χ0n) is 11.7. The first-order chi connectivity index (χ1) is 9.51. The third-order valence-electron chi connectivity index (χ3n) is 2.98. The van der Waals surface area contributed by atoms with Crippen molar-refractivity contribution in [3.05, 3.63) is 53.3 Å². The van der Waals surface area contributed by atoms with E-state index in [1.165, 1.54) is 19.2 Å². The minimum absolute atomic E-state index is 0.0940. The van der Waals surface area contributed by atoms with Crippen LogP contribution in [-0.4, -0.2) is 12.2 Å². The van der Waals surface area contributed by atoms with Gasteiger partial charge in [0.25, 0.3) is 0 Å². The summed E-state index contributed by atoms with van der Waals surface area (Å²) in [5.74, 6) is 0.563. The molecule has 0 aliphatic carbocycles. The minimum atomic E-state index is -0.715. The molecule has 3 nitrogen and oxygen atoms in total. The third-order valence-corrected chi connectivity index (χ3v) is 2.98. The predicted octanol–water partition coefficient (Wildman–Crippen LogP) is 3.99. The van der Waals surface area contributed by atoms with E-state index < -0.39 is 11.9 Å². The number of halogens is 1. The standard InChI is InChI=1S/C16H17FO3/c1-10-4-6-15(16(8-10)19-3)20-14-7-5-12(11(2)18)9-13(14)17/h4-9,11,18H,1-3H3. The Morgan fingerprint density at radius 2 is 1.75 bits per heavy atom. The lowest BCUT2D eigenvalue weighted by Gasteiger charge is -2.12. The highest BCUT2D eigenvalue weighted by Gasteiger charge is 2.11. The number of aliphatic hydroxyl groups is 1. The van der Waals surface area contributed by atoms with Crippen LogP contribution in [0.4, 0.5) is 4.39 Å². The Balaban J connectivity index is 2.30. The first-order valence-electron chi connectivity index (χ1n) is 6.31. The van der Waals surface area contributed by atoms with E-state index in [4.69, 9.17) is 9.47 Å². The van der Waals surface area contributed by atoms with Crippen LogP contribution in [0, 0.1) is 12.7 Å². The van der Waals surface area contributed by atoms with E-state index in [0.717, 1.165) is 5.56 Å². The molecule has 1 atom stereocenters. The molecule has 0 fully saturated rings. The molecule has 0 aliphatic heterocycles. The maximum absolute atomic E-state index is 13.9. The lowest BCUT2D eigenvalue weighted by atomic mass is 10.1. The molecule has 0 saturated carbocycles. The van der Waals surface area contributed by atoms with Gasteiger partial charge in [-0.2, -0.15) is 0 Å². The van der Waals surface area contributed by atoms with Gasteiger partial charge in [0.1, 0.15) is 0 Å². The molecule has 0 saturated heterocycles. The predicted molar refractivity (Wildman–Crippen MR) is 74.8 cm³/mol. The van der Waals surface area contributed by atoms with E-state index in [1.807, 2.05) is 19.1 Å². The molecule has 1 unspecified atom stereocenters. The van der Waals surface area contributed by atoms with Gasteiger partial charge in [-0.15, -0.1) is 0 Å². The normalized spacial score (nSPS) is 12.1. The average Bonchev–Trinajstić information content (AvgIpc) is 2.42. The largest absolute Gasteiger partial charge is 0.493 e. The molecular formula is C16H17FO3. The molecule has 0 bridgehead atoms. The molecule has 20 heavy (non-hydrogen) atoms. The molecule has 106 valence electrons. The topological polar surface area (TPSA) is 38.7 Å². The van der Waals surface area contributed by atoms with Crippen LogP contribution in [-0.2, 0) is 0 Å². The van der Waals surface area contributed by atoms with Crippen molar-refractivity contribution in [3.63, 3.8) is 0 Å². The van der Waals surface area contributed by atoms with E-state index in [0.29, 0.717) is 17.1 Å². The Morgan fingerprint density at radius 1 is 1.05 bits per heavy atom. The summed E-state index contributed by atoms with van der Waals surface area (Å²) in [4.78, 5) is 0. The van der Waals surface area contributed by atoms with Gasteiger partial charge in [-0.25, -0.2) is 4.39 Å². The average molecular weight is 276 g/mol. The number of benzene rings is 2. The highest BCUT2D eigenvalue weighted by molar-refractivity contribution is 5.45. The second-order valence-electron chi connectivity index (χ2n) is 4.62. The second kappa shape index (κ2) is 5.92. The van der Waals surface area contributed by atoms with E-state index in [-0.39, 0.29) is 5.75 Å². The van der Waals surface area contributed by atoms with Crippen molar-refractivity contribution in [1.29, 1.82) is 0 Å². The van der Waals surface area contributed by atoms with Crippen LogP contribution in [0.1, 0.15) is 24.2 Å². The van der Waals surface area contributed by atoms with Crippen molar-refractivity contribution >= 4 is 0 Å². The van der Waals surface area contributed by atoms with Crippen molar-refractivity contribution in [3.8, 4) is 17.2 Å². The van der Waals surface area contributed by atoms with Crippen LogP contribution in [0.5, 0.6) is 17.2 Å². The van der Waals surface area contributed by atoms with Gasteiger partial charge in [0.05, 0.1) is 13.2 Å². The zero-order chi connectivity index (χ0) is 14.7. The van der Waals surface area contributed by atoms with Crippen molar-refractivity contribution in [1.82, 2.24) is 0 Å². The summed E-state index contributed by atoms with van der Waals surface area (Å²) in [6.45, 7) is 3.52. The number of rotatable bonds is 4. The molecule has 4 heteroatoms. The summed E-state index contributed by atoms with van der Waals surface area (Å²) in [7, 11) is 1.54. The Kier molecular flexibility index (Phi) is 4.25. The van der Waals surface area contributed by atoms with E-state index in [2.05, 4.69) is 0 Å². The summed E-state index contributed by atoms with van der Waals surface area (Å²) in [5.41, 5.74) is 1.53. The summed E-state index contributed by atoms with van der Waals surface area (Å²) in [6, 6.07) is 9.80. The van der Waals surface area contributed by atoms with Crippen molar-refractivity contribution in [2.24, 2.45) is 0 Å². The number of methoxy groups -OCH3 is 1. The van der Waals surface area contributed by atoms with Crippen molar-refractivity contribution < 1.29 is 19.0 Å². The molecule has 2 rings (SSSR count). The smallest absolute Gasteiger partial charge is 0.169 e. The van der Waals surface area contributed by atoms with Gasteiger partial charge in [0, 0.05) is 0 Å². The van der Waals surface area contributed by atoms with E-state index >= 15 is 0 Å². The molecule has 0 spiro atoms. The Hall–Kier alpha value is -2.07. The number of aryl methyl sites for hydroxylation is 1. The highest BCUT2D eigenvalue weighted by Crippen LogP contribution is 2.34. The fraction of sp³-hybridized carbons (Fsp3) is 0.250. The SMILES string of the molecule is COc1cc(C)ccc1Oc1ccc(C(C)O)cc1F. The fourth-order valence-corrected chi connectivity index (χ4v) is 1.84. The maximum Gasteiger partial charge on any atom is 0.169 e. The molecule has 2 aromatic rings. The van der Waals surface area contributed by atoms with Crippen LogP contribution in [0.3, 0.4) is 0 Å². The van der Waals surface area contributed by atoms with Gasteiger partial charge in [-0.3, -0.25) is 0 Å². The zero-order valence-corrected chi connectivity index (χ0v) is 11.7. The molecule has 0 radical (unpaired) electrons. The highest BCUT2D eigenvalue weighted by atomic mass is 19.1. The first-order valence-corrected chi connectivity index (χ1v) is 6.31. The molecule has 0 heterocycles. The van der Waals surface area contributed by atoms with Crippen LogP contribution >= 0.6 is 0 Å². The van der Waals surface area contributed by atoms with Gasteiger partial charge in [0.15, 0.2) is 23.1 Å². The molecule has 0 aromatic heterocycles. The summed E-state index contributed by atoms with van der Waals surface area (Å²) in [6.07, 6.45) is -0.715. The molecule has 0 amide bonds. The third kappa shape index (κ3) is 3.08. The first kappa shape index (κ1) is 14.3. The van der Waals surface area contributed by atoms with Crippen LogP contribution in [0.15, 0.2) is 36.4 Å². The van der Waals surface area contributed by atoms with Crippen LogP contribution in [0.25, 0.3) is 0 Å². The van der Waals surface area contributed by atoms with Gasteiger partial charge >= 0.3 is 0 Å². The van der Waals surface area contributed by atoms with Crippen molar-refractivity contribution in [2.75, 3.05) is 7.11 Å². The number of aliphatic hydroxyl groups excluding tert-OH is 1. The maximum atomic E-state index is 13.9. The number of hydrogen-bond acceptors (Lipinski definition) is 3. The monoisotopic (exact) mass is 276 g/mol. The summed E-state index contributed by atoms with van der Waals surface area (Å²) in [5, 5.41) is 9.41. The number of ether oxygens (including phenoxy) is 2. The summed E-state index contributed by atoms with van der Waals surface area (Å²) >= 11 is 0. The minimum Gasteiger partial charge on any atom is -0.493 e. The lowest BCUT2D eigenvalue weighted by Crippen LogP contribution is -1.96. The Bertz CT molecular complexity index is 609. The van der Waals surface area contributed by atoms with Crippen molar-refractivity contribution in [2.45, 2.75) is 20.0 Å². The fourth-order valence-electron chi connectivity index (χ4n) is 1.84. The van der Waals surface area contributed by atoms with Gasteiger partial charge in [0.2, 0.25) is 0 Å². The van der Waals surface area contributed by atoms with E-state index in [9.17, 15) is 9.50 Å². The van der Waals surface area contributed by atoms with E-state index in [1.54, 1.807) is 19.1 Å². The lowest BCUT2D eigenvalue weighted by molar-refractivity contribution is 0.198. The molecule has 1 N–H and O–H groups in total. The van der Waals surface area contributed by atoms with Crippen LogP contribution in [0.2, 0.25) is 0 Å². The molecule has 0 aliphatic rings. The van der Waals surface area contributed by atoms with Gasteiger partial charge in [-0.1, -0.05) is 12.1 Å². The number of hydrogen-bond donors (Lipinski definition) is 1. The Morgan fingerprint density at radius 3 is 2.35 bits per heavy atom. The quantitative estimate of drug-likeness (QED) is 0.917. The summed E-state index contributed by atoms with van der Waals surface area (Å²) < 4.78 is 24.7. The van der Waals surface area contributed by atoms with Crippen LogP contribution < -0.4 is 9.47 Å². The molecule has 2 aromatic carbocycles. The second-order valence-corrected chi connectivity index (χ2v) is 4.62. The van der Waals surface area contributed by atoms with Gasteiger partial charge in [-0.05, 0) is 49.2 Å².